The van der Waals surface area contributed by atoms with Crippen molar-refractivity contribution in [2.75, 3.05) is 31.3 Å². The molecule has 3 nitrogen and oxygen atoms in total. The van der Waals surface area contributed by atoms with Gasteiger partial charge in [0.1, 0.15) is 5.75 Å². The lowest BCUT2D eigenvalue weighted by molar-refractivity contribution is 0.414. The van der Waals surface area contributed by atoms with Crippen molar-refractivity contribution in [2.45, 2.75) is 6.42 Å². The van der Waals surface area contributed by atoms with Gasteiger partial charge in [-0.3, -0.25) is 0 Å². The zero-order valence-corrected chi connectivity index (χ0v) is 11.5. The fourth-order valence-electron chi connectivity index (χ4n) is 1.95. The van der Waals surface area contributed by atoms with Crippen LogP contribution >= 0.6 is 0 Å². The van der Waals surface area contributed by atoms with Gasteiger partial charge in [-0.15, -0.1) is 0 Å². The van der Waals surface area contributed by atoms with Gasteiger partial charge in [-0.1, -0.05) is 12.1 Å². The highest BCUT2D eigenvalue weighted by molar-refractivity contribution is 5.52. The molecule has 0 aromatic heterocycles. The van der Waals surface area contributed by atoms with Crippen molar-refractivity contribution in [1.29, 1.82) is 0 Å². The lowest BCUT2D eigenvalue weighted by atomic mass is 10.1. The van der Waals surface area contributed by atoms with Gasteiger partial charge in [-0.05, 0) is 48.4 Å². The van der Waals surface area contributed by atoms with Crippen LogP contribution < -0.4 is 15.4 Å². The normalized spacial score (nSPS) is 10.2. The van der Waals surface area contributed by atoms with Crippen molar-refractivity contribution in [2.24, 2.45) is 0 Å². The average Bonchev–Trinajstić information content (AvgIpc) is 2.46. The first-order valence-corrected chi connectivity index (χ1v) is 6.38. The molecule has 2 aromatic carbocycles. The van der Waals surface area contributed by atoms with Gasteiger partial charge in [0, 0.05) is 25.0 Å². The van der Waals surface area contributed by atoms with E-state index in [-0.39, 0.29) is 0 Å². The van der Waals surface area contributed by atoms with Crippen molar-refractivity contribution >= 4 is 11.4 Å². The number of nitrogens with zero attached hydrogens (tertiary/aromatic N) is 1. The SMILES string of the molecule is COc1ccc(CCN(C)c2ccc(N)cc2)cc1. The van der Waals surface area contributed by atoms with Crippen LogP contribution in [0.3, 0.4) is 0 Å². The zero-order chi connectivity index (χ0) is 13.7. The number of likely N-dealkylation sites (N-methyl/N-ethyl adjacent to an activating group) is 1. The van der Waals surface area contributed by atoms with E-state index in [1.165, 1.54) is 11.3 Å². The van der Waals surface area contributed by atoms with Gasteiger partial charge in [0.25, 0.3) is 0 Å². The molecule has 100 valence electrons. The summed E-state index contributed by atoms with van der Waals surface area (Å²) in [6, 6.07) is 16.2. The second-order valence-electron chi connectivity index (χ2n) is 4.61. The summed E-state index contributed by atoms with van der Waals surface area (Å²) in [7, 11) is 3.78. The molecule has 0 fully saturated rings. The first kappa shape index (κ1) is 13.3. The van der Waals surface area contributed by atoms with E-state index in [2.05, 4.69) is 24.1 Å². The van der Waals surface area contributed by atoms with Gasteiger partial charge in [0.2, 0.25) is 0 Å². The summed E-state index contributed by atoms with van der Waals surface area (Å²) < 4.78 is 5.15. The van der Waals surface area contributed by atoms with Crippen LogP contribution in [0, 0.1) is 0 Å². The molecule has 3 heteroatoms. The number of benzene rings is 2. The van der Waals surface area contributed by atoms with Gasteiger partial charge in [0.15, 0.2) is 0 Å². The molecule has 0 heterocycles. The number of rotatable bonds is 5. The van der Waals surface area contributed by atoms with E-state index in [9.17, 15) is 0 Å². The average molecular weight is 256 g/mol. The quantitative estimate of drug-likeness (QED) is 0.836. The molecule has 19 heavy (non-hydrogen) atoms. The molecule has 0 unspecified atom stereocenters. The Bertz CT molecular complexity index is 505. The largest absolute Gasteiger partial charge is 0.497 e. The maximum atomic E-state index is 5.69. The van der Waals surface area contributed by atoms with Gasteiger partial charge in [-0.2, -0.15) is 0 Å². The number of hydrogen-bond donors (Lipinski definition) is 1. The third kappa shape index (κ3) is 3.65. The lowest BCUT2D eigenvalue weighted by Crippen LogP contribution is -2.20. The summed E-state index contributed by atoms with van der Waals surface area (Å²) in [5.74, 6) is 0.899. The molecule has 0 bridgehead atoms. The molecule has 0 aliphatic heterocycles. The van der Waals surface area contributed by atoms with Crippen molar-refractivity contribution in [3.05, 3.63) is 54.1 Å². The molecular weight excluding hydrogens is 236 g/mol. The monoisotopic (exact) mass is 256 g/mol. The Hall–Kier alpha value is -2.16. The molecule has 0 radical (unpaired) electrons. The number of nitrogens with two attached hydrogens (primary N) is 1. The lowest BCUT2D eigenvalue weighted by Gasteiger charge is -2.19. The first-order valence-electron chi connectivity index (χ1n) is 6.38. The summed E-state index contributed by atoms with van der Waals surface area (Å²) in [5, 5.41) is 0. The molecule has 0 aliphatic carbocycles. The van der Waals surface area contributed by atoms with Crippen LogP contribution in [-0.4, -0.2) is 20.7 Å². The number of hydrogen-bond acceptors (Lipinski definition) is 3. The number of anilines is 2. The molecule has 0 saturated heterocycles. The fraction of sp³-hybridized carbons (Fsp3) is 0.250. The molecular formula is C16H20N2O. The van der Waals surface area contributed by atoms with Crippen LogP contribution in [0.25, 0.3) is 0 Å². The highest BCUT2D eigenvalue weighted by Gasteiger charge is 2.01. The maximum Gasteiger partial charge on any atom is 0.118 e. The van der Waals surface area contributed by atoms with Crippen molar-refractivity contribution < 1.29 is 4.74 Å². The molecule has 2 N–H and O–H groups in total. The Morgan fingerprint density at radius 1 is 1.00 bits per heavy atom. The van der Waals surface area contributed by atoms with Crippen LogP contribution in [-0.2, 0) is 6.42 Å². The highest BCUT2D eigenvalue weighted by Crippen LogP contribution is 2.16. The number of nitrogen functional groups attached to an aromatic ring is 1. The van der Waals surface area contributed by atoms with Crippen LogP contribution in [0.5, 0.6) is 5.75 Å². The van der Waals surface area contributed by atoms with Crippen LogP contribution in [0.1, 0.15) is 5.56 Å². The van der Waals surface area contributed by atoms with Gasteiger partial charge >= 0.3 is 0 Å². The fourth-order valence-corrected chi connectivity index (χ4v) is 1.95. The molecule has 0 aliphatic rings. The minimum absolute atomic E-state index is 0.798. The standard InChI is InChI=1S/C16H20N2O/c1-18(15-7-5-14(17)6-8-15)12-11-13-3-9-16(19-2)10-4-13/h3-10H,11-12,17H2,1-2H3. The predicted octanol–water partition coefficient (Wildman–Crippen LogP) is 2.96. The Morgan fingerprint density at radius 2 is 1.63 bits per heavy atom. The van der Waals surface area contributed by atoms with Crippen LogP contribution in [0.4, 0.5) is 11.4 Å². The van der Waals surface area contributed by atoms with Crippen LogP contribution in [0.2, 0.25) is 0 Å². The summed E-state index contributed by atoms with van der Waals surface area (Å²) in [6.45, 7) is 0.968. The minimum atomic E-state index is 0.798. The van der Waals surface area contributed by atoms with E-state index in [1.54, 1.807) is 7.11 Å². The second-order valence-corrected chi connectivity index (χ2v) is 4.61. The van der Waals surface area contributed by atoms with E-state index in [1.807, 2.05) is 36.4 Å². The van der Waals surface area contributed by atoms with E-state index < -0.39 is 0 Å². The van der Waals surface area contributed by atoms with E-state index in [0.29, 0.717) is 0 Å². The molecule has 0 amide bonds. The number of ether oxygens (including phenoxy) is 1. The smallest absolute Gasteiger partial charge is 0.118 e. The summed E-state index contributed by atoms with van der Waals surface area (Å²) in [5.41, 5.74) is 8.98. The molecule has 2 rings (SSSR count). The third-order valence-electron chi connectivity index (χ3n) is 3.23. The van der Waals surface area contributed by atoms with E-state index >= 15 is 0 Å². The van der Waals surface area contributed by atoms with E-state index in [4.69, 9.17) is 10.5 Å². The summed E-state index contributed by atoms with van der Waals surface area (Å²) in [4.78, 5) is 2.23. The van der Waals surface area contributed by atoms with Gasteiger partial charge in [-0.25, -0.2) is 0 Å². The number of methoxy groups -OCH3 is 1. The Labute approximate surface area is 114 Å². The summed E-state index contributed by atoms with van der Waals surface area (Å²) >= 11 is 0. The highest BCUT2D eigenvalue weighted by atomic mass is 16.5. The van der Waals surface area contributed by atoms with Crippen molar-refractivity contribution in [3.8, 4) is 5.75 Å². The maximum absolute atomic E-state index is 5.69. The van der Waals surface area contributed by atoms with Crippen molar-refractivity contribution in [1.82, 2.24) is 0 Å². The Morgan fingerprint density at radius 3 is 2.21 bits per heavy atom. The Kier molecular flexibility index (Phi) is 4.29. The first-order chi connectivity index (χ1) is 9.19. The van der Waals surface area contributed by atoms with Crippen molar-refractivity contribution in [3.63, 3.8) is 0 Å². The minimum Gasteiger partial charge on any atom is -0.497 e. The van der Waals surface area contributed by atoms with Gasteiger partial charge < -0.3 is 15.4 Å². The molecule has 0 spiro atoms. The summed E-state index contributed by atoms with van der Waals surface area (Å²) in [6.07, 6.45) is 1.00. The predicted molar refractivity (Wildman–Crippen MR) is 80.8 cm³/mol. The molecule has 0 atom stereocenters. The molecule has 2 aromatic rings. The third-order valence-corrected chi connectivity index (χ3v) is 3.23. The topological polar surface area (TPSA) is 38.5 Å². The van der Waals surface area contributed by atoms with Crippen LogP contribution in [0.15, 0.2) is 48.5 Å². The Balaban J connectivity index is 1.92. The van der Waals surface area contributed by atoms with E-state index in [0.717, 1.165) is 24.4 Å². The molecule has 0 saturated carbocycles. The second kappa shape index (κ2) is 6.14. The van der Waals surface area contributed by atoms with Gasteiger partial charge in [0.05, 0.1) is 7.11 Å². The zero-order valence-electron chi connectivity index (χ0n) is 11.5.